The maximum absolute atomic E-state index is 13.0. The van der Waals surface area contributed by atoms with Gasteiger partial charge in [-0.05, 0) is 78.9 Å². The van der Waals surface area contributed by atoms with Crippen LogP contribution in [-0.2, 0) is 14.8 Å². The minimum absolute atomic E-state index is 0.00666. The first-order chi connectivity index (χ1) is 17.3. The lowest BCUT2D eigenvalue weighted by molar-refractivity contribution is -0.118. The van der Waals surface area contributed by atoms with Crippen LogP contribution in [0.1, 0.15) is 0 Å². The summed E-state index contributed by atoms with van der Waals surface area (Å²) < 4.78 is 51.7. The molecule has 0 bridgehead atoms. The highest BCUT2D eigenvalue weighted by Crippen LogP contribution is 2.28. The number of anilines is 2. The van der Waals surface area contributed by atoms with Crippen LogP contribution in [0.4, 0.5) is 15.8 Å². The quantitative estimate of drug-likeness (QED) is 0.275. The van der Waals surface area contributed by atoms with Crippen LogP contribution in [0.3, 0.4) is 0 Å². The van der Waals surface area contributed by atoms with Crippen LogP contribution in [0.15, 0.2) is 102 Å². The van der Waals surface area contributed by atoms with E-state index >= 15 is 0 Å². The number of nitrogens with one attached hydrogen (secondary N) is 2. The fourth-order valence-corrected chi connectivity index (χ4v) is 4.45. The second-order valence-corrected chi connectivity index (χ2v) is 9.57. The van der Waals surface area contributed by atoms with Gasteiger partial charge >= 0.3 is 0 Å². The predicted molar refractivity (Wildman–Crippen MR) is 136 cm³/mol. The third-order valence-corrected chi connectivity index (χ3v) is 6.46. The lowest BCUT2D eigenvalue weighted by Gasteiger charge is -2.12. The minimum atomic E-state index is -3.96. The van der Waals surface area contributed by atoms with Crippen LogP contribution in [0.2, 0.25) is 5.02 Å². The molecule has 0 unspecified atom stereocenters. The van der Waals surface area contributed by atoms with Gasteiger partial charge in [-0.15, -0.1) is 0 Å². The summed E-state index contributed by atoms with van der Waals surface area (Å²) in [5.41, 5.74) is 0.743. The molecule has 7 nitrogen and oxygen atoms in total. The summed E-state index contributed by atoms with van der Waals surface area (Å²) in [7, 11) is -3.96. The molecule has 0 radical (unpaired) electrons. The Hall–Kier alpha value is -4.08. The van der Waals surface area contributed by atoms with E-state index < -0.39 is 21.7 Å². The molecule has 4 aromatic carbocycles. The molecule has 36 heavy (non-hydrogen) atoms. The molecule has 0 saturated heterocycles. The maximum Gasteiger partial charge on any atom is 0.262 e. The number of carbonyl (C=O) groups is 1. The smallest absolute Gasteiger partial charge is 0.262 e. The lowest BCUT2D eigenvalue weighted by Crippen LogP contribution is -2.20. The summed E-state index contributed by atoms with van der Waals surface area (Å²) in [6, 6.07) is 24.8. The zero-order chi connectivity index (χ0) is 25.5. The summed E-state index contributed by atoms with van der Waals surface area (Å²) in [6.07, 6.45) is 0. The Morgan fingerprint density at radius 1 is 0.833 bits per heavy atom. The molecule has 0 saturated carbocycles. The van der Waals surface area contributed by atoms with E-state index in [1.54, 1.807) is 24.3 Å². The van der Waals surface area contributed by atoms with E-state index in [9.17, 15) is 17.6 Å². The number of para-hydroxylation sites is 1. The second kappa shape index (κ2) is 11.1. The van der Waals surface area contributed by atoms with Gasteiger partial charge in [0.25, 0.3) is 15.9 Å². The van der Waals surface area contributed by atoms with E-state index in [2.05, 4.69) is 10.0 Å². The number of halogens is 2. The normalized spacial score (nSPS) is 10.9. The fourth-order valence-electron chi connectivity index (χ4n) is 3.07. The molecule has 0 aliphatic heterocycles. The van der Waals surface area contributed by atoms with Crippen LogP contribution in [-0.4, -0.2) is 20.9 Å². The molecule has 10 heteroatoms. The van der Waals surface area contributed by atoms with Gasteiger partial charge in [0.05, 0.1) is 9.92 Å². The first kappa shape index (κ1) is 25.0. The largest absolute Gasteiger partial charge is 0.482 e. The molecule has 0 atom stereocenters. The molecule has 184 valence electrons. The zero-order valence-electron chi connectivity index (χ0n) is 18.7. The Morgan fingerprint density at radius 2 is 1.47 bits per heavy atom. The SMILES string of the molecule is O=C(COc1ccc(S(=O)(=O)Nc2ccc(F)cc2)cc1Cl)Nc1ccc(Oc2ccccc2)cc1. The van der Waals surface area contributed by atoms with Gasteiger partial charge in [-0.2, -0.15) is 0 Å². The number of amides is 1. The molecule has 1 amide bonds. The molecule has 0 heterocycles. The van der Waals surface area contributed by atoms with Crippen molar-refractivity contribution in [3.8, 4) is 17.2 Å². The van der Waals surface area contributed by atoms with E-state index in [4.69, 9.17) is 21.1 Å². The molecule has 4 aromatic rings. The van der Waals surface area contributed by atoms with E-state index in [1.807, 2.05) is 30.3 Å². The topological polar surface area (TPSA) is 93.7 Å². The number of carbonyl (C=O) groups excluding carboxylic acids is 1. The van der Waals surface area contributed by atoms with Gasteiger partial charge in [0.1, 0.15) is 23.1 Å². The first-order valence-corrected chi connectivity index (χ1v) is 12.5. The molecule has 0 aromatic heterocycles. The highest BCUT2D eigenvalue weighted by Gasteiger charge is 2.17. The summed E-state index contributed by atoms with van der Waals surface area (Å²) >= 11 is 6.17. The van der Waals surface area contributed by atoms with Crippen molar-refractivity contribution in [3.05, 3.63) is 108 Å². The molecule has 0 aliphatic carbocycles. The van der Waals surface area contributed by atoms with Crippen LogP contribution in [0.5, 0.6) is 17.2 Å². The van der Waals surface area contributed by atoms with Gasteiger partial charge in [0, 0.05) is 11.4 Å². The van der Waals surface area contributed by atoms with Gasteiger partial charge in [0.15, 0.2) is 6.61 Å². The van der Waals surface area contributed by atoms with Gasteiger partial charge < -0.3 is 14.8 Å². The van der Waals surface area contributed by atoms with Crippen molar-refractivity contribution in [3.63, 3.8) is 0 Å². The summed E-state index contributed by atoms with van der Waals surface area (Å²) in [5.74, 6) is 0.535. The Balaban J connectivity index is 1.31. The average Bonchev–Trinajstić information content (AvgIpc) is 2.86. The van der Waals surface area contributed by atoms with E-state index in [0.29, 0.717) is 17.2 Å². The van der Waals surface area contributed by atoms with Crippen LogP contribution in [0.25, 0.3) is 0 Å². The Morgan fingerprint density at radius 3 is 2.14 bits per heavy atom. The van der Waals surface area contributed by atoms with Gasteiger partial charge in [-0.3, -0.25) is 9.52 Å². The molecule has 0 aliphatic rings. The van der Waals surface area contributed by atoms with E-state index in [0.717, 1.165) is 12.1 Å². The standard InChI is InChI=1S/C26H20ClFN2O5S/c27-24-16-23(36(32,33)30-20-8-6-18(28)7-9-20)14-15-25(24)34-17-26(31)29-19-10-12-22(13-11-19)35-21-4-2-1-3-5-21/h1-16,30H,17H2,(H,29,31). The summed E-state index contributed by atoms with van der Waals surface area (Å²) in [5, 5.41) is 2.70. The highest BCUT2D eigenvalue weighted by molar-refractivity contribution is 7.92. The second-order valence-electron chi connectivity index (χ2n) is 7.48. The summed E-state index contributed by atoms with van der Waals surface area (Å²) in [4.78, 5) is 12.2. The molecule has 0 fully saturated rings. The van der Waals surface area contributed by atoms with Crippen LogP contribution in [0, 0.1) is 5.82 Å². The van der Waals surface area contributed by atoms with Crippen LogP contribution < -0.4 is 19.5 Å². The summed E-state index contributed by atoms with van der Waals surface area (Å²) in [6.45, 7) is -0.345. The predicted octanol–water partition coefficient (Wildman–Crippen LogP) is 6.09. The van der Waals surface area contributed by atoms with Crippen molar-refractivity contribution in [2.24, 2.45) is 0 Å². The van der Waals surface area contributed by atoms with Crippen molar-refractivity contribution < 1.29 is 27.1 Å². The van der Waals surface area contributed by atoms with Crippen LogP contribution >= 0.6 is 11.6 Å². The van der Waals surface area contributed by atoms with Gasteiger partial charge in [0.2, 0.25) is 0 Å². The lowest BCUT2D eigenvalue weighted by atomic mass is 10.3. The average molecular weight is 527 g/mol. The monoisotopic (exact) mass is 526 g/mol. The zero-order valence-corrected chi connectivity index (χ0v) is 20.2. The number of ether oxygens (including phenoxy) is 2. The number of hydrogen-bond donors (Lipinski definition) is 2. The van der Waals surface area contributed by atoms with Crippen molar-refractivity contribution in [1.82, 2.24) is 0 Å². The highest BCUT2D eigenvalue weighted by atomic mass is 35.5. The molecular weight excluding hydrogens is 507 g/mol. The molecule has 4 rings (SSSR count). The van der Waals surface area contributed by atoms with Gasteiger partial charge in [-0.1, -0.05) is 29.8 Å². The van der Waals surface area contributed by atoms with E-state index in [-0.39, 0.29) is 28.0 Å². The third kappa shape index (κ3) is 6.74. The fraction of sp³-hybridized carbons (Fsp3) is 0.0385. The maximum atomic E-state index is 13.0. The Kier molecular flexibility index (Phi) is 7.72. The Labute approximate surface area is 212 Å². The molecule has 0 spiro atoms. The number of sulfonamides is 1. The minimum Gasteiger partial charge on any atom is -0.482 e. The number of benzene rings is 4. The van der Waals surface area contributed by atoms with Gasteiger partial charge in [-0.25, -0.2) is 12.8 Å². The van der Waals surface area contributed by atoms with Crippen molar-refractivity contribution in [1.29, 1.82) is 0 Å². The molecule has 2 N–H and O–H groups in total. The third-order valence-electron chi connectivity index (χ3n) is 4.79. The molecular formula is C26H20ClFN2O5S. The van der Waals surface area contributed by atoms with E-state index in [1.165, 1.54) is 30.3 Å². The van der Waals surface area contributed by atoms with Crippen molar-refractivity contribution in [2.45, 2.75) is 4.90 Å². The van der Waals surface area contributed by atoms with Crippen molar-refractivity contribution >= 4 is 38.9 Å². The number of rotatable bonds is 9. The first-order valence-electron chi connectivity index (χ1n) is 10.6. The number of hydrogen-bond acceptors (Lipinski definition) is 5. The van der Waals surface area contributed by atoms with Crippen molar-refractivity contribution in [2.75, 3.05) is 16.6 Å². The Bertz CT molecular complexity index is 1450.